The van der Waals surface area contributed by atoms with E-state index in [1.807, 2.05) is 0 Å². The maximum Gasteiger partial charge on any atom is 0.416 e. The summed E-state index contributed by atoms with van der Waals surface area (Å²) in [5.74, 6) is -1.32. The molecule has 0 radical (unpaired) electrons. The van der Waals surface area contributed by atoms with Crippen LogP contribution in [0, 0.1) is 0 Å². The number of nitrogens with zero attached hydrogens (tertiary/aromatic N) is 7. The summed E-state index contributed by atoms with van der Waals surface area (Å²) < 4.78 is 53.9. The largest absolute Gasteiger partial charge is 0.505 e. The van der Waals surface area contributed by atoms with Crippen molar-refractivity contribution in [3.8, 4) is 17.1 Å². The molecule has 0 unspecified atom stereocenters. The Morgan fingerprint density at radius 1 is 1.07 bits per heavy atom. The average Bonchev–Trinajstić information content (AvgIpc) is 3.87. The summed E-state index contributed by atoms with van der Waals surface area (Å²) in [5, 5.41) is 17.0. The van der Waals surface area contributed by atoms with Crippen LogP contribution in [0.2, 0.25) is 5.02 Å². The number of carbonyl (C=O) groups excluding carboxylic acids is 3. The summed E-state index contributed by atoms with van der Waals surface area (Å²) in [6.07, 6.45) is -4.11. The summed E-state index contributed by atoms with van der Waals surface area (Å²) in [7, 11) is 0. The number of ether oxygens (including phenoxy) is 2. The molecule has 284 valence electrons. The van der Waals surface area contributed by atoms with Crippen LogP contribution in [0.3, 0.4) is 0 Å². The zero-order chi connectivity index (χ0) is 38.8. The Morgan fingerprint density at radius 3 is 2.47 bits per heavy atom. The van der Waals surface area contributed by atoms with Crippen LogP contribution in [0.1, 0.15) is 53.2 Å². The molecule has 19 heteroatoms. The summed E-state index contributed by atoms with van der Waals surface area (Å²) in [6, 6.07) is 12.2. The first kappa shape index (κ1) is 36.0. The lowest BCUT2D eigenvalue weighted by Gasteiger charge is -2.39. The number of aromatic hydroxyl groups is 1. The number of fused-ring (bicyclic) bond motifs is 3. The highest BCUT2D eigenvalue weighted by Gasteiger charge is 2.50. The molecule has 2 fully saturated rings. The number of aromatic nitrogens is 5. The van der Waals surface area contributed by atoms with Crippen molar-refractivity contribution in [2.75, 3.05) is 36.5 Å². The number of cyclic esters (lactones) is 1. The number of rotatable bonds is 6. The molecule has 1 atom stereocenters. The molecule has 2 saturated heterocycles. The molecule has 6 heterocycles. The van der Waals surface area contributed by atoms with E-state index in [1.54, 1.807) is 31.2 Å². The van der Waals surface area contributed by atoms with Crippen LogP contribution in [-0.4, -0.2) is 78.3 Å². The maximum absolute atomic E-state index is 14.5. The topological polar surface area (TPSA) is 173 Å². The summed E-state index contributed by atoms with van der Waals surface area (Å²) >= 11 is 6.14. The minimum Gasteiger partial charge on any atom is -0.505 e. The van der Waals surface area contributed by atoms with Crippen LogP contribution < -0.4 is 15.8 Å². The molecule has 8 rings (SSSR count). The molecule has 0 aliphatic carbocycles. The zero-order valence-electron chi connectivity index (χ0n) is 28.8. The predicted molar refractivity (Wildman–Crippen MR) is 189 cm³/mol. The number of hydrogen-bond acceptors (Lipinski definition) is 10. The smallest absolute Gasteiger partial charge is 0.416 e. The van der Waals surface area contributed by atoms with Gasteiger partial charge >= 0.3 is 12.3 Å². The molecule has 1 spiro atoms. The number of hydrogen-bond donors (Lipinski definition) is 2. The molecule has 2 aromatic carbocycles. The van der Waals surface area contributed by atoms with Crippen LogP contribution in [0.5, 0.6) is 5.75 Å². The fourth-order valence-electron chi connectivity index (χ4n) is 7.35. The van der Waals surface area contributed by atoms with Gasteiger partial charge in [0.2, 0.25) is 11.7 Å². The minimum absolute atomic E-state index is 0.00893. The second kappa shape index (κ2) is 13.4. The average molecular weight is 779 g/mol. The van der Waals surface area contributed by atoms with E-state index in [2.05, 4.69) is 20.4 Å². The van der Waals surface area contributed by atoms with Gasteiger partial charge in [-0.05, 0) is 74.4 Å². The van der Waals surface area contributed by atoms with Crippen LogP contribution >= 0.6 is 11.6 Å². The Kier molecular flexibility index (Phi) is 8.76. The third-order valence-electron chi connectivity index (χ3n) is 9.95. The first-order valence-electron chi connectivity index (χ1n) is 17.1. The monoisotopic (exact) mass is 778 g/mol. The van der Waals surface area contributed by atoms with Crippen molar-refractivity contribution in [2.45, 2.75) is 44.2 Å². The molecule has 3 amide bonds. The Morgan fingerprint density at radius 2 is 1.82 bits per heavy atom. The van der Waals surface area contributed by atoms with Crippen molar-refractivity contribution in [1.82, 2.24) is 29.0 Å². The van der Waals surface area contributed by atoms with Crippen molar-refractivity contribution in [1.29, 1.82) is 0 Å². The summed E-state index contributed by atoms with van der Waals surface area (Å²) in [5.41, 5.74) is -1.25. The lowest BCUT2D eigenvalue weighted by molar-refractivity contribution is -0.137. The van der Waals surface area contributed by atoms with Gasteiger partial charge in [-0.25, -0.2) is 9.78 Å². The molecule has 55 heavy (non-hydrogen) atoms. The number of alkyl halides is 3. The Labute approximate surface area is 313 Å². The molecule has 0 bridgehead atoms. The van der Waals surface area contributed by atoms with Crippen LogP contribution in [-0.2, 0) is 32.6 Å². The van der Waals surface area contributed by atoms with Crippen molar-refractivity contribution in [2.24, 2.45) is 0 Å². The summed E-state index contributed by atoms with van der Waals surface area (Å²) in [6.45, 7) is 2.18. The van der Waals surface area contributed by atoms with Crippen LogP contribution in [0.4, 0.5) is 29.3 Å². The highest BCUT2D eigenvalue weighted by Crippen LogP contribution is 2.48. The number of amides is 3. The number of pyridine rings is 1. The van der Waals surface area contributed by atoms with E-state index in [9.17, 15) is 37.5 Å². The van der Waals surface area contributed by atoms with Gasteiger partial charge in [0.1, 0.15) is 24.5 Å². The molecule has 3 aliphatic heterocycles. The van der Waals surface area contributed by atoms with Crippen molar-refractivity contribution in [3.05, 3.63) is 98.7 Å². The van der Waals surface area contributed by atoms with Gasteiger partial charge in [0, 0.05) is 30.5 Å². The molecular formula is C36H30ClF3N8O7. The fraction of sp³-hybridized carbons (Fsp3) is 0.306. The Bertz CT molecular complexity index is 2450. The predicted octanol–water partition coefficient (Wildman–Crippen LogP) is 5.15. The lowest BCUT2D eigenvalue weighted by Crippen LogP contribution is -2.47. The third kappa shape index (κ3) is 6.29. The third-order valence-corrected chi connectivity index (χ3v) is 10.3. The van der Waals surface area contributed by atoms with E-state index in [-0.39, 0.29) is 71.9 Å². The molecule has 0 saturated carbocycles. The normalized spacial score (nSPS) is 17.8. The van der Waals surface area contributed by atoms with Crippen molar-refractivity contribution in [3.63, 3.8) is 0 Å². The van der Waals surface area contributed by atoms with E-state index >= 15 is 0 Å². The first-order valence-corrected chi connectivity index (χ1v) is 17.5. The van der Waals surface area contributed by atoms with Crippen molar-refractivity contribution < 1.29 is 42.1 Å². The highest BCUT2D eigenvalue weighted by atomic mass is 35.5. The zero-order valence-corrected chi connectivity index (χ0v) is 29.6. The Balaban J connectivity index is 1.17. The number of benzene rings is 2. The first-order chi connectivity index (χ1) is 26.2. The van der Waals surface area contributed by atoms with E-state index < -0.39 is 53.5 Å². The van der Waals surface area contributed by atoms with Gasteiger partial charge in [0.25, 0.3) is 11.5 Å². The van der Waals surface area contributed by atoms with Gasteiger partial charge in [-0.3, -0.25) is 19.3 Å². The maximum atomic E-state index is 14.5. The molecule has 3 aliphatic rings. The number of anilines is 2. The van der Waals surface area contributed by atoms with Crippen LogP contribution in [0.25, 0.3) is 17.2 Å². The number of carbonyl (C=O) groups is 3. The molecular weight excluding hydrogens is 749 g/mol. The van der Waals surface area contributed by atoms with Gasteiger partial charge in [-0.2, -0.15) is 22.7 Å². The van der Waals surface area contributed by atoms with E-state index in [0.29, 0.717) is 29.6 Å². The minimum atomic E-state index is -4.64. The standard InChI is InChI=1S/C36H30ClF3N8O7/c1-19-29-27(35(55-19)10-13-45(14-11-35)32(52)28-25(49)3-2-12-41-28)31(51)48-33(43-30(44-48)20-4-7-22(8-5-20)46-15-16-54-34(46)53)47(29)18-26(50)42-24-9-6-21(17-23(24)37)36(38,39)40/h2-9,12,17,19,49H,10-11,13-16,18H2,1H3,(H,42,50)/t19-/m1/s1. The SMILES string of the molecule is C[C@H]1OC2(CCN(C(=O)c3ncccc3O)CC2)c2c1n(CC(=O)Nc1ccc(C(F)(F)F)cc1Cl)c1nc(-c3ccc(N4CCOC4=O)cc3)nn1c2=O. The number of nitrogens with one attached hydrogen (secondary N) is 1. The molecule has 15 nitrogen and oxygen atoms in total. The summed E-state index contributed by atoms with van der Waals surface area (Å²) in [4.78, 5) is 65.2. The van der Waals surface area contributed by atoms with Gasteiger partial charge in [0.05, 0.1) is 40.2 Å². The van der Waals surface area contributed by atoms with Gasteiger partial charge in [-0.15, -0.1) is 5.10 Å². The van der Waals surface area contributed by atoms with E-state index in [0.717, 1.165) is 16.6 Å². The van der Waals surface area contributed by atoms with Crippen LogP contribution in [0.15, 0.2) is 65.6 Å². The number of piperidine rings is 1. The number of halogens is 4. The van der Waals surface area contributed by atoms with Gasteiger partial charge in [0.15, 0.2) is 11.5 Å². The molecule has 5 aromatic rings. The second-order valence-electron chi connectivity index (χ2n) is 13.3. The number of likely N-dealkylation sites (tertiary alicyclic amines) is 1. The lowest BCUT2D eigenvalue weighted by atomic mass is 9.85. The van der Waals surface area contributed by atoms with E-state index in [4.69, 9.17) is 21.1 Å². The van der Waals surface area contributed by atoms with E-state index in [1.165, 1.54) is 32.7 Å². The second-order valence-corrected chi connectivity index (χ2v) is 13.7. The van der Waals surface area contributed by atoms with Gasteiger partial charge in [-0.1, -0.05) is 11.6 Å². The molecule has 2 N–H and O–H groups in total. The molecule has 3 aromatic heterocycles. The quantitative estimate of drug-likeness (QED) is 0.235. The highest BCUT2D eigenvalue weighted by molar-refractivity contribution is 6.33. The van der Waals surface area contributed by atoms with Crippen molar-refractivity contribution >= 4 is 46.7 Å². The fourth-order valence-corrected chi connectivity index (χ4v) is 7.58. The van der Waals surface area contributed by atoms with Gasteiger partial charge < -0.3 is 29.4 Å². The Hall–Kier alpha value is -6.01.